The van der Waals surface area contributed by atoms with Gasteiger partial charge in [0.25, 0.3) is 0 Å². The average Bonchev–Trinajstić information content (AvgIpc) is 3.41. The zero-order valence-corrected chi connectivity index (χ0v) is 20.1. The Balaban J connectivity index is 1.50. The quantitative estimate of drug-likeness (QED) is 0.453. The lowest BCUT2D eigenvalue weighted by atomic mass is 10.0. The molecule has 188 valence electrons. The van der Waals surface area contributed by atoms with Crippen molar-refractivity contribution in [1.82, 2.24) is 20.2 Å². The van der Waals surface area contributed by atoms with Crippen LogP contribution in [0.1, 0.15) is 50.0 Å². The van der Waals surface area contributed by atoms with Crippen molar-refractivity contribution in [2.75, 3.05) is 7.05 Å². The number of H-pyrrole nitrogens is 1. The van der Waals surface area contributed by atoms with Gasteiger partial charge in [0.1, 0.15) is 12.1 Å². The van der Waals surface area contributed by atoms with Gasteiger partial charge in [-0.2, -0.15) is 0 Å². The molecule has 0 spiro atoms. The molecule has 10 heteroatoms. The van der Waals surface area contributed by atoms with Gasteiger partial charge in [-0.1, -0.05) is 30.3 Å². The maximum Gasteiger partial charge on any atom is 0.352 e. The van der Waals surface area contributed by atoms with Gasteiger partial charge in [0.15, 0.2) is 0 Å². The first-order valence-electron chi connectivity index (χ1n) is 12.0. The summed E-state index contributed by atoms with van der Waals surface area (Å²) in [5.41, 5.74) is 6.80. The molecule has 0 radical (unpaired) electrons. The molecule has 0 saturated carbocycles. The van der Waals surface area contributed by atoms with Crippen molar-refractivity contribution >= 4 is 17.8 Å². The number of amides is 1. The number of nitrogens with one attached hydrogen (secondary N) is 2. The van der Waals surface area contributed by atoms with Crippen LogP contribution in [0.3, 0.4) is 0 Å². The Hall–Kier alpha value is -3.24. The zero-order chi connectivity index (χ0) is 24.9. The first-order chi connectivity index (χ1) is 16.8. The summed E-state index contributed by atoms with van der Waals surface area (Å²) in [4.78, 5) is 48.0. The summed E-state index contributed by atoms with van der Waals surface area (Å²) in [6, 6.07) is 7.68. The van der Waals surface area contributed by atoms with Crippen molar-refractivity contribution < 1.29 is 23.9 Å². The third-order valence-electron chi connectivity index (χ3n) is 6.88. The van der Waals surface area contributed by atoms with Crippen molar-refractivity contribution in [2.24, 2.45) is 5.73 Å². The summed E-state index contributed by atoms with van der Waals surface area (Å²) < 4.78 is 11.6. The van der Waals surface area contributed by atoms with Gasteiger partial charge < -0.3 is 30.4 Å². The van der Waals surface area contributed by atoms with Crippen LogP contribution in [0.15, 0.2) is 42.9 Å². The number of rotatable bonds is 9. The third-order valence-corrected chi connectivity index (χ3v) is 6.88. The summed E-state index contributed by atoms with van der Waals surface area (Å²) >= 11 is 0. The second kappa shape index (κ2) is 11.0. The monoisotopic (exact) mass is 483 g/mol. The lowest BCUT2D eigenvalue weighted by molar-refractivity contribution is -0.175. The van der Waals surface area contributed by atoms with E-state index in [9.17, 15) is 14.4 Å². The Bertz CT molecular complexity index is 999. The van der Waals surface area contributed by atoms with E-state index < -0.39 is 36.0 Å². The number of carbonyl (C=O) groups excluding carboxylic acids is 3. The number of carbonyl (C=O) groups is 3. The summed E-state index contributed by atoms with van der Waals surface area (Å²) in [6.07, 6.45) is 5.38. The van der Waals surface area contributed by atoms with Gasteiger partial charge in [0.2, 0.25) is 12.0 Å². The Labute approximate surface area is 204 Å². The highest BCUT2D eigenvalue weighted by Gasteiger charge is 2.41. The van der Waals surface area contributed by atoms with Crippen molar-refractivity contribution in [1.29, 1.82) is 0 Å². The van der Waals surface area contributed by atoms with Crippen molar-refractivity contribution in [3.05, 3.63) is 54.1 Å². The number of ether oxygens (including phenoxy) is 2. The number of hydrogen-bond acceptors (Lipinski definition) is 8. The molecule has 0 aliphatic carbocycles. The second-order valence-electron chi connectivity index (χ2n) is 9.44. The van der Waals surface area contributed by atoms with Crippen LogP contribution in [0.5, 0.6) is 0 Å². The van der Waals surface area contributed by atoms with E-state index in [1.807, 2.05) is 6.07 Å². The molecule has 2 aliphatic rings. The minimum Gasteiger partial charge on any atom is -0.459 e. The molecule has 1 amide bonds. The summed E-state index contributed by atoms with van der Waals surface area (Å²) in [5.74, 6) is -1.88. The standard InChI is InChI=1S/C25H33N5O5/c1-15(26)23(31)29-21(10-17-13-27-14-28-17)24(32)35-22(16-6-4-3-5-7-16)25(33)34-20-11-18-8-9-19(12-20)30(18)2/h3-7,13-15,18-22H,8-12,26H2,1-2H3,(H,27,28)(H,29,31). The van der Waals surface area contributed by atoms with E-state index in [1.165, 1.54) is 13.3 Å². The molecule has 2 saturated heterocycles. The molecule has 2 aromatic rings. The van der Waals surface area contributed by atoms with Crippen molar-refractivity contribution in [3.8, 4) is 0 Å². The van der Waals surface area contributed by atoms with Crippen LogP contribution in [0, 0.1) is 0 Å². The van der Waals surface area contributed by atoms with Crippen LogP contribution >= 0.6 is 0 Å². The third kappa shape index (κ3) is 6.07. The van der Waals surface area contributed by atoms with Gasteiger partial charge in [0.05, 0.1) is 12.4 Å². The van der Waals surface area contributed by atoms with E-state index in [-0.39, 0.29) is 12.5 Å². The number of piperidine rings is 1. The first kappa shape index (κ1) is 24.9. The Morgan fingerprint density at radius 2 is 1.86 bits per heavy atom. The molecule has 5 atom stereocenters. The Kier molecular flexibility index (Phi) is 7.82. The van der Waals surface area contributed by atoms with Gasteiger partial charge in [-0.3, -0.25) is 4.79 Å². The van der Waals surface area contributed by atoms with E-state index in [1.54, 1.807) is 30.5 Å². The number of aromatic amines is 1. The highest BCUT2D eigenvalue weighted by atomic mass is 16.6. The highest BCUT2D eigenvalue weighted by Crippen LogP contribution is 2.36. The van der Waals surface area contributed by atoms with Gasteiger partial charge in [-0.05, 0) is 39.7 Å². The molecular weight excluding hydrogens is 450 g/mol. The lowest BCUT2D eigenvalue weighted by Crippen LogP contribution is -2.49. The minimum atomic E-state index is -1.25. The number of fused-ring (bicyclic) bond motifs is 2. The average molecular weight is 484 g/mol. The smallest absolute Gasteiger partial charge is 0.352 e. The molecular formula is C25H33N5O5. The molecule has 35 heavy (non-hydrogen) atoms. The predicted molar refractivity (Wildman–Crippen MR) is 127 cm³/mol. The largest absolute Gasteiger partial charge is 0.459 e. The van der Waals surface area contributed by atoms with E-state index in [4.69, 9.17) is 15.2 Å². The van der Waals surface area contributed by atoms with Crippen molar-refractivity contribution in [2.45, 2.75) is 75.4 Å². The molecule has 10 nitrogen and oxygen atoms in total. The predicted octanol–water partition coefficient (Wildman–Crippen LogP) is 1.24. The molecule has 2 fully saturated rings. The number of esters is 2. The normalized spacial score (nSPS) is 24.3. The van der Waals surface area contributed by atoms with E-state index >= 15 is 0 Å². The number of imidazole rings is 1. The fourth-order valence-corrected chi connectivity index (χ4v) is 4.87. The molecule has 1 aromatic heterocycles. The topological polar surface area (TPSA) is 140 Å². The van der Waals surface area contributed by atoms with Crippen LogP contribution in [0.25, 0.3) is 0 Å². The molecule has 3 heterocycles. The maximum atomic E-state index is 13.3. The molecule has 5 unspecified atom stereocenters. The zero-order valence-electron chi connectivity index (χ0n) is 20.1. The SMILES string of the molecule is CC(N)C(=O)NC(Cc1cnc[nH]1)C(=O)OC(C(=O)OC1CC2CCC(C1)N2C)c1ccccc1. The van der Waals surface area contributed by atoms with Crippen LogP contribution in [-0.2, 0) is 30.3 Å². The van der Waals surface area contributed by atoms with Crippen LogP contribution in [-0.4, -0.2) is 70.0 Å². The van der Waals surface area contributed by atoms with Gasteiger partial charge in [-0.25, -0.2) is 14.6 Å². The maximum absolute atomic E-state index is 13.3. The fraction of sp³-hybridized carbons (Fsp3) is 0.520. The molecule has 1 aromatic carbocycles. The van der Waals surface area contributed by atoms with E-state index in [0.717, 1.165) is 25.7 Å². The van der Waals surface area contributed by atoms with Crippen LogP contribution in [0.4, 0.5) is 0 Å². The first-order valence-corrected chi connectivity index (χ1v) is 12.0. The molecule has 2 aliphatic heterocycles. The highest BCUT2D eigenvalue weighted by molar-refractivity contribution is 5.88. The Morgan fingerprint density at radius 1 is 1.17 bits per heavy atom. The van der Waals surface area contributed by atoms with E-state index in [2.05, 4.69) is 27.2 Å². The molecule has 4 rings (SSSR count). The Morgan fingerprint density at radius 3 is 2.46 bits per heavy atom. The number of nitrogens with zero attached hydrogens (tertiary/aromatic N) is 2. The summed E-state index contributed by atoms with van der Waals surface area (Å²) in [6.45, 7) is 1.52. The summed E-state index contributed by atoms with van der Waals surface area (Å²) in [5, 5.41) is 2.61. The minimum absolute atomic E-state index is 0.103. The van der Waals surface area contributed by atoms with E-state index in [0.29, 0.717) is 23.3 Å². The van der Waals surface area contributed by atoms with Crippen LogP contribution < -0.4 is 11.1 Å². The van der Waals surface area contributed by atoms with Gasteiger partial charge in [-0.15, -0.1) is 0 Å². The number of hydrogen-bond donors (Lipinski definition) is 3. The molecule has 4 N–H and O–H groups in total. The second-order valence-corrected chi connectivity index (χ2v) is 9.44. The van der Waals surface area contributed by atoms with Gasteiger partial charge >= 0.3 is 11.9 Å². The molecule has 2 bridgehead atoms. The number of aromatic nitrogens is 2. The van der Waals surface area contributed by atoms with Gasteiger partial charge in [0, 0.05) is 36.0 Å². The number of benzene rings is 1. The van der Waals surface area contributed by atoms with Crippen molar-refractivity contribution in [3.63, 3.8) is 0 Å². The van der Waals surface area contributed by atoms with Crippen LogP contribution in [0.2, 0.25) is 0 Å². The summed E-state index contributed by atoms with van der Waals surface area (Å²) in [7, 11) is 2.12. The fourth-order valence-electron chi connectivity index (χ4n) is 4.87. The lowest BCUT2D eigenvalue weighted by Gasteiger charge is -2.36. The number of nitrogens with two attached hydrogens (primary N) is 1.